The van der Waals surface area contributed by atoms with E-state index in [1.54, 1.807) is 55.5 Å². The Balaban J connectivity index is 1.17. The van der Waals surface area contributed by atoms with Gasteiger partial charge in [0.05, 0.1) is 9.79 Å². The molecular formula is C35H30Cl2N8O8S2. The van der Waals surface area contributed by atoms with Crippen molar-refractivity contribution in [1.29, 1.82) is 0 Å². The summed E-state index contributed by atoms with van der Waals surface area (Å²) in [5.41, 5.74) is 1.71. The number of aryl methyl sites for hydroxylation is 1. The molecule has 8 amide bonds. The monoisotopic (exact) mass is 824 g/mol. The first-order chi connectivity index (χ1) is 26.0. The highest BCUT2D eigenvalue weighted by molar-refractivity contribution is 7.90. The number of amides is 8. The molecule has 5 aromatic rings. The van der Waals surface area contributed by atoms with Gasteiger partial charge in [-0.15, -0.1) is 0 Å². The second-order valence-corrected chi connectivity index (χ2v) is 15.6. The Morgan fingerprint density at radius 3 is 1.25 bits per heavy atom. The van der Waals surface area contributed by atoms with Gasteiger partial charge in [0.15, 0.2) is 0 Å². The summed E-state index contributed by atoms with van der Waals surface area (Å²) < 4.78 is 55.8. The number of hydrogen-bond donors (Lipinski definition) is 8. The molecule has 55 heavy (non-hydrogen) atoms. The maximum Gasteiger partial charge on any atom is 0.333 e. The minimum absolute atomic E-state index is 0.0430. The lowest BCUT2D eigenvalue weighted by Crippen LogP contribution is -2.35. The van der Waals surface area contributed by atoms with Gasteiger partial charge in [0.2, 0.25) is 0 Å². The van der Waals surface area contributed by atoms with Crippen molar-refractivity contribution < 1.29 is 36.0 Å². The fourth-order valence-corrected chi connectivity index (χ4v) is 6.79. The highest BCUT2D eigenvalue weighted by atomic mass is 35.5. The molecular weight excluding hydrogens is 795 g/mol. The number of nitrogens with one attached hydrogen (secondary N) is 8. The van der Waals surface area contributed by atoms with Crippen LogP contribution in [0.4, 0.5) is 53.3 Å². The van der Waals surface area contributed by atoms with Gasteiger partial charge in [-0.1, -0.05) is 41.4 Å². The van der Waals surface area contributed by atoms with Crippen LogP contribution in [0.1, 0.15) is 5.56 Å². The number of anilines is 6. The lowest BCUT2D eigenvalue weighted by molar-refractivity contribution is 0.255. The molecule has 0 aliphatic heterocycles. The largest absolute Gasteiger partial charge is 0.333 e. The first-order valence-corrected chi connectivity index (χ1v) is 19.4. The number of benzene rings is 5. The predicted octanol–water partition coefficient (Wildman–Crippen LogP) is 7.61. The molecule has 0 atom stereocenters. The summed E-state index contributed by atoms with van der Waals surface area (Å²) in [5.74, 6) is 0. The first kappa shape index (κ1) is 39.9. The molecule has 8 N–H and O–H groups in total. The summed E-state index contributed by atoms with van der Waals surface area (Å²) in [6, 6.07) is 23.5. The number of halogens is 2. The number of carbonyl (C=O) groups is 4. The van der Waals surface area contributed by atoms with E-state index >= 15 is 0 Å². The number of carbonyl (C=O) groups excluding carboxylic acids is 4. The lowest BCUT2D eigenvalue weighted by Gasteiger charge is -2.14. The highest BCUT2D eigenvalue weighted by Gasteiger charge is 2.21. The van der Waals surface area contributed by atoms with E-state index in [0.29, 0.717) is 27.0 Å². The lowest BCUT2D eigenvalue weighted by atomic mass is 10.2. The maximum absolute atomic E-state index is 13.0. The zero-order valence-corrected chi connectivity index (χ0v) is 31.5. The SMILES string of the molecule is Cc1ccc(NC(=O)NS(=O)(=O)c2cccc(NC(=O)Nc3ccc(Cl)cc3)c2)cc1NC(=O)NS(=O)(=O)c1cccc(NC(=O)Nc2ccc(Cl)cc2)c1. The van der Waals surface area contributed by atoms with Crippen LogP contribution in [0.15, 0.2) is 125 Å². The average molecular weight is 826 g/mol. The maximum atomic E-state index is 13.0. The van der Waals surface area contributed by atoms with Crippen LogP contribution in [0.2, 0.25) is 10.0 Å². The summed E-state index contributed by atoms with van der Waals surface area (Å²) in [6.07, 6.45) is 0. The number of urea groups is 4. The summed E-state index contributed by atoms with van der Waals surface area (Å²) in [5, 5.41) is 15.8. The number of sulfonamides is 2. The minimum atomic E-state index is -4.44. The summed E-state index contributed by atoms with van der Waals surface area (Å²) >= 11 is 11.7. The Labute approximate surface area is 325 Å². The number of hydrogen-bond acceptors (Lipinski definition) is 8. The van der Waals surface area contributed by atoms with Gasteiger partial charge in [0.25, 0.3) is 20.0 Å². The van der Waals surface area contributed by atoms with Crippen LogP contribution < -0.4 is 41.3 Å². The molecule has 16 nitrogen and oxygen atoms in total. The summed E-state index contributed by atoms with van der Waals surface area (Å²) in [4.78, 5) is 49.7. The molecule has 0 heterocycles. The number of rotatable bonds is 10. The Kier molecular flexibility index (Phi) is 12.5. The van der Waals surface area contributed by atoms with Crippen LogP contribution in [0.5, 0.6) is 0 Å². The standard InChI is InChI=1S/C35H30Cl2N8O8S2/c1-21-8-13-28(42-34(48)44-54(50,51)29-6-2-4-26(18-29)40-32(46)38-24-14-9-22(36)10-15-24)20-31(21)43-35(49)45-55(52,53)30-7-3-5-27(19-30)41-33(47)39-25-16-11-23(37)12-17-25/h2-20H,1H3,(H2,38,40,46)(H2,39,41,47)(H2,42,44,48)(H2,43,45,49). The molecule has 0 radical (unpaired) electrons. The van der Waals surface area contributed by atoms with E-state index in [0.717, 1.165) is 12.1 Å². The van der Waals surface area contributed by atoms with Gasteiger partial charge in [0, 0.05) is 44.2 Å². The average Bonchev–Trinajstić information content (AvgIpc) is 3.11. The summed E-state index contributed by atoms with van der Waals surface area (Å²) in [6.45, 7) is 1.60. The van der Waals surface area contributed by atoms with Crippen molar-refractivity contribution >= 4 is 101 Å². The van der Waals surface area contributed by atoms with Crippen LogP contribution in [0, 0.1) is 6.92 Å². The van der Waals surface area contributed by atoms with Crippen molar-refractivity contribution in [1.82, 2.24) is 9.44 Å². The van der Waals surface area contributed by atoms with Gasteiger partial charge in [-0.25, -0.2) is 45.5 Å². The topological polar surface area (TPSA) is 233 Å². The van der Waals surface area contributed by atoms with E-state index in [-0.39, 0.29) is 32.5 Å². The molecule has 0 unspecified atom stereocenters. The first-order valence-electron chi connectivity index (χ1n) is 15.7. The van der Waals surface area contributed by atoms with Crippen molar-refractivity contribution in [3.8, 4) is 0 Å². The molecule has 0 aliphatic carbocycles. The van der Waals surface area contributed by atoms with E-state index in [4.69, 9.17) is 23.2 Å². The zero-order valence-electron chi connectivity index (χ0n) is 28.3. The van der Waals surface area contributed by atoms with Crippen molar-refractivity contribution in [2.75, 3.05) is 31.9 Å². The molecule has 20 heteroatoms. The molecule has 0 aromatic heterocycles. The Bertz CT molecular complexity index is 2490. The van der Waals surface area contributed by atoms with Crippen molar-refractivity contribution in [3.63, 3.8) is 0 Å². The van der Waals surface area contributed by atoms with E-state index in [1.807, 2.05) is 9.44 Å². The van der Waals surface area contributed by atoms with E-state index in [2.05, 4.69) is 31.9 Å². The smallest absolute Gasteiger partial charge is 0.308 e. The molecule has 0 bridgehead atoms. The molecule has 0 aliphatic rings. The normalized spacial score (nSPS) is 11.0. The fourth-order valence-electron chi connectivity index (χ4n) is 4.64. The second kappa shape index (κ2) is 17.2. The highest BCUT2D eigenvalue weighted by Crippen LogP contribution is 2.23. The van der Waals surface area contributed by atoms with Crippen molar-refractivity contribution in [2.24, 2.45) is 0 Å². The molecule has 0 fully saturated rings. The van der Waals surface area contributed by atoms with Crippen LogP contribution in [0.3, 0.4) is 0 Å². The quantitative estimate of drug-likeness (QED) is 0.0696. The predicted molar refractivity (Wildman–Crippen MR) is 211 cm³/mol. The third-order valence-electron chi connectivity index (χ3n) is 7.21. The van der Waals surface area contributed by atoms with E-state index < -0.39 is 44.2 Å². The van der Waals surface area contributed by atoms with Gasteiger partial charge in [-0.2, -0.15) is 0 Å². The third kappa shape index (κ3) is 11.6. The Hall–Kier alpha value is -6.34. The molecule has 5 aromatic carbocycles. The van der Waals surface area contributed by atoms with Crippen LogP contribution in [-0.2, 0) is 20.0 Å². The third-order valence-corrected chi connectivity index (χ3v) is 10.4. The van der Waals surface area contributed by atoms with Gasteiger partial charge >= 0.3 is 24.1 Å². The van der Waals surface area contributed by atoms with Crippen molar-refractivity contribution in [3.05, 3.63) is 131 Å². The zero-order chi connectivity index (χ0) is 39.8. The van der Waals surface area contributed by atoms with Crippen LogP contribution in [0.25, 0.3) is 0 Å². The van der Waals surface area contributed by atoms with E-state index in [9.17, 15) is 36.0 Å². The van der Waals surface area contributed by atoms with Gasteiger partial charge in [-0.05, 0) is 110 Å². The molecule has 0 spiro atoms. The minimum Gasteiger partial charge on any atom is -0.308 e. The van der Waals surface area contributed by atoms with Gasteiger partial charge in [-0.3, -0.25) is 0 Å². The van der Waals surface area contributed by atoms with Gasteiger partial charge in [0.1, 0.15) is 0 Å². The molecule has 5 rings (SSSR count). The van der Waals surface area contributed by atoms with Crippen LogP contribution in [-0.4, -0.2) is 41.0 Å². The van der Waals surface area contributed by atoms with Crippen molar-refractivity contribution in [2.45, 2.75) is 16.7 Å². The Morgan fingerprint density at radius 1 is 0.436 bits per heavy atom. The van der Waals surface area contributed by atoms with Crippen LogP contribution >= 0.6 is 23.2 Å². The van der Waals surface area contributed by atoms with Gasteiger partial charge < -0.3 is 31.9 Å². The molecule has 284 valence electrons. The Morgan fingerprint density at radius 2 is 0.800 bits per heavy atom. The fraction of sp³-hybridized carbons (Fsp3) is 0.0286. The second-order valence-electron chi connectivity index (χ2n) is 11.4. The van der Waals surface area contributed by atoms with E-state index in [1.165, 1.54) is 54.6 Å². The molecule has 0 saturated carbocycles. The molecule has 0 saturated heterocycles. The summed E-state index contributed by atoms with van der Waals surface area (Å²) in [7, 11) is -8.88.